The largest absolute Gasteiger partial charge is 0.360 e. The molecular weight excluding hydrogens is 290 g/mol. The highest BCUT2D eigenvalue weighted by molar-refractivity contribution is 5.94. The Balaban J connectivity index is 1.60. The van der Waals surface area contributed by atoms with E-state index in [1.807, 2.05) is 19.2 Å². The van der Waals surface area contributed by atoms with Crippen molar-refractivity contribution >= 4 is 5.91 Å². The fourth-order valence-corrected chi connectivity index (χ4v) is 3.81. The lowest BCUT2D eigenvalue weighted by Crippen LogP contribution is -2.40. The number of carbonyl (C=O) groups is 1. The number of rotatable bonds is 3. The van der Waals surface area contributed by atoms with Gasteiger partial charge in [0.25, 0.3) is 5.91 Å². The first-order valence-electron chi connectivity index (χ1n) is 8.31. The van der Waals surface area contributed by atoms with E-state index in [1.54, 1.807) is 0 Å². The highest BCUT2D eigenvalue weighted by Crippen LogP contribution is 2.32. The van der Waals surface area contributed by atoms with Gasteiger partial charge in [0.15, 0.2) is 5.69 Å². The number of aryl methyl sites for hydroxylation is 1. The molecule has 2 atom stereocenters. The smallest absolute Gasteiger partial charge is 0.274 e. The maximum atomic E-state index is 12.7. The molecule has 4 rings (SSSR count). The molecule has 120 valence electrons. The predicted molar refractivity (Wildman–Crippen MR) is 86.3 cm³/mol. The number of nitrogens with one attached hydrogen (secondary N) is 2. The molecule has 0 bridgehead atoms. The third-order valence-corrected chi connectivity index (χ3v) is 5.05. The summed E-state index contributed by atoms with van der Waals surface area (Å²) in [4.78, 5) is 12.7. The summed E-state index contributed by atoms with van der Waals surface area (Å²) in [6.07, 6.45) is 4.91. The van der Waals surface area contributed by atoms with Crippen LogP contribution in [0.4, 0.5) is 0 Å². The van der Waals surface area contributed by atoms with Crippen molar-refractivity contribution in [3.05, 3.63) is 52.4 Å². The normalized spacial score (nSPS) is 22.5. The average Bonchev–Trinajstić information content (AvgIpc) is 3.16. The quantitative estimate of drug-likeness (QED) is 0.911. The molecule has 2 N–H and O–H groups in total. The van der Waals surface area contributed by atoms with Gasteiger partial charge in [-0.15, -0.1) is 0 Å². The monoisotopic (exact) mass is 311 g/mol. The Morgan fingerprint density at radius 2 is 2.09 bits per heavy atom. The molecule has 1 amide bonds. The molecular formula is C18H21N3O2. The van der Waals surface area contributed by atoms with E-state index in [2.05, 4.69) is 27.9 Å². The van der Waals surface area contributed by atoms with Crippen molar-refractivity contribution in [2.75, 3.05) is 7.05 Å². The molecule has 0 saturated carbocycles. The van der Waals surface area contributed by atoms with Crippen LogP contribution in [0.5, 0.6) is 0 Å². The second kappa shape index (κ2) is 5.81. The molecule has 1 heterocycles. The van der Waals surface area contributed by atoms with Gasteiger partial charge in [0.05, 0.1) is 6.04 Å². The Bertz CT molecular complexity index is 738. The molecule has 1 unspecified atom stereocenters. The van der Waals surface area contributed by atoms with E-state index >= 15 is 0 Å². The van der Waals surface area contributed by atoms with Crippen molar-refractivity contribution in [3.63, 3.8) is 0 Å². The van der Waals surface area contributed by atoms with Gasteiger partial charge in [-0.25, -0.2) is 0 Å². The first-order valence-corrected chi connectivity index (χ1v) is 8.31. The van der Waals surface area contributed by atoms with Crippen LogP contribution in [0.25, 0.3) is 0 Å². The Kier molecular flexibility index (Phi) is 3.65. The molecule has 23 heavy (non-hydrogen) atoms. The molecule has 1 aromatic carbocycles. The minimum absolute atomic E-state index is 0.0281. The van der Waals surface area contributed by atoms with Crippen LogP contribution in [-0.4, -0.2) is 24.2 Å². The summed E-state index contributed by atoms with van der Waals surface area (Å²) in [6.45, 7) is 0. The third kappa shape index (κ3) is 2.45. The fraction of sp³-hybridized carbons (Fsp3) is 0.444. The number of fused-ring (bicyclic) bond motifs is 2. The lowest BCUT2D eigenvalue weighted by molar-refractivity contribution is 0.0920. The number of aromatic nitrogens is 1. The highest BCUT2D eigenvalue weighted by Gasteiger charge is 2.34. The lowest BCUT2D eigenvalue weighted by Gasteiger charge is -2.21. The van der Waals surface area contributed by atoms with E-state index in [4.69, 9.17) is 4.52 Å². The maximum Gasteiger partial charge on any atom is 0.274 e. The Labute approximate surface area is 135 Å². The molecule has 0 radical (unpaired) electrons. The number of nitrogens with zero attached hydrogens (tertiary/aromatic N) is 1. The van der Waals surface area contributed by atoms with Crippen LogP contribution in [0.3, 0.4) is 0 Å². The minimum Gasteiger partial charge on any atom is -0.360 e. The van der Waals surface area contributed by atoms with Gasteiger partial charge in [0.2, 0.25) is 0 Å². The maximum absolute atomic E-state index is 12.7. The molecule has 5 nitrogen and oxygen atoms in total. The van der Waals surface area contributed by atoms with Crippen LogP contribution >= 0.6 is 0 Å². The number of benzene rings is 1. The van der Waals surface area contributed by atoms with Crippen LogP contribution < -0.4 is 10.6 Å². The van der Waals surface area contributed by atoms with Crippen LogP contribution in [0, 0.1) is 0 Å². The van der Waals surface area contributed by atoms with Gasteiger partial charge in [-0.05, 0) is 43.9 Å². The predicted octanol–water partition coefficient (Wildman–Crippen LogP) is 2.17. The first kappa shape index (κ1) is 14.5. The summed E-state index contributed by atoms with van der Waals surface area (Å²) in [5, 5.41) is 10.5. The summed E-state index contributed by atoms with van der Waals surface area (Å²) in [5.41, 5.74) is 3.96. The van der Waals surface area contributed by atoms with Gasteiger partial charge in [0.1, 0.15) is 5.76 Å². The average molecular weight is 311 g/mol. The zero-order valence-electron chi connectivity index (χ0n) is 13.3. The number of hydrogen-bond donors (Lipinski definition) is 2. The number of carbonyl (C=O) groups excluding carboxylic acids is 1. The first-order chi connectivity index (χ1) is 11.3. The van der Waals surface area contributed by atoms with Gasteiger partial charge in [-0.3, -0.25) is 4.79 Å². The summed E-state index contributed by atoms with van der Waals surface area (Å²) >= 11 is 0. The Hall–Kier alpha value is -2.14. The second-order valence-corrected chi connectivity index (χ2v) is 6.39. The Morgan fingerprint density at radius 1 is 1.26 bits per heavy atom. The van der Waals surface area contributed by atoms with E-state index < -0.39 is 0 Å². The van der Waals surface area contributed by atoms with Crippen molar-refractivity contribution in [2.45, 2.75) is 44.2 Å². The zero-order valence-corrected chi connectivity index (χ0v) is 13.3. The van der Waals surface area contributed by atoms with Crippen molar-refractivity contribution < 1.29 is 9.32 Å². The number of likely N-dealkylation sites (N-methyl/N-ethyl adjacent to an activating group) is 1. The van der Waals surface area contributed by atoms with E-state index in [-0.39, 0.29) is 18.0 Å². The standard InChI is InChI=1S/C18H21N3O2/c1-19-14-10-11-6-2-3-7-12(11)16(14)20-18(22)17-13-8-4-5-9-15(13)23-21-17/h2-3,6-7,14,16,19H,4-5,8-10H2,1H3,(H,20,22)/t14?,16-/m0/s1. The van der Waals surface area contributed by atoms with E-state index in [1.165, 1.54) is 11.1 Å². The van der Waals surface area contributed by atoms with E-state index in [0.717, 1.165) is 43.4 Å². The summed E-state index contributed by atoms with van der Waals surface area (Å²) < 4.78 is 5.37. The second-order valence-electron chi connectivity index (χ2n) is 6.39. The van der Waals surface area contributed by atoms with Crippen LogP contribution in [-0.2, 0) is 19.3 Å². The van der Waals surface area contributed by atoms with Crippen molar-refractivity contribution in [2.24, 2.45) is 0 Å². The molecule has 1 aromatic heterocycles. The van der Waals surface area contributed by atoms with Crippen LogP contribution in [0.15, 0.2) is 28.8 Å². The lowest BCUT2D eigenvalue weighted by atomic mass is 9.96. The van der Waals surface area contributed by atoms with Crippen molar-refractivity contribution in [1.82, 2.24) is 15.8 Å². The van der Waals surface area contributed by atoms with E-state index in [9.17, 15) is 4.79 Å². The molecule has 0 spiro atoms. The fourth-order valence-electron chi connectivity index (χ4n) is 3.81. The zero-order chi connectivity index (χ0) is 15.8. The van der Waals surface area contributed by atoms with Gasteiger partial charge in [0, 0.05) is 18.0 Å². The van der Waals surface area contributed by atoms with E-state index in [0.29, 0.717) is 5.69 Å². The SMILES string of the molecule is CNC1Cc2ccccc2[C@@H]1NC(=O)c1noc2c1CCCC2. The van der Waals surface area contributed by atoms with Crippen molar-refractivity contribution in [3.8, 4) is 0 Å². The topological polar surface area (TPSA) is 67.2 Å². The Morgan fingerprint density at radius 3 is 2.96 bits per heavy atom. The van der Waals surface area contributed by atoms with Crippen molar-refractivity contribution in [1.29, 1.82) is 0 Å². The number of amides is 1. The van der Waals surface area contributed by atoms with Crippen LogP contribution in [0.2, 0.25) is 0 Å². The molecule has 0 saturated heterocycles. The molecule has 5 heteroatoms. The van der Waals surface area contributed by atoms with Crippen LogP contribution in [0.1, 0.15) is 51.8 Å². The minimum atomic E-state index is -0.126. The highest BCUT2D eigenvalue weighted by atomic mass is 16.5. The van der Waals surface area contributed by atoms with Gasteiger partial charge in [-0.1, -0.05) is 29.4 Å². The number of hydrogen-bond acceptors (Lipinski definition) is 4. The molecule has 2 aromatic rings. The molecule has 0 aliphatic heterocycles. The van der Waals surface area contributed by atoms with Gasteiger partial charge >= 0.3 is 0 Å². The third-order valence-electron chi connectivity index (χ3n) is 5.05. The van der Waals surface area contributed by atoms with Gasteiger partial charge < -0.3 is 15.2 Å². The molecule has 0 fully saturated rings. The summed E-state index contributed by atoms with van der Waals surface area (Å²) in [5.74, 6) is 0.761. The molecule has 2 aliphatic rings. The summed E-state index contributed by atoms with van der Waals surface area (Å²) in [6, 6.07) is 8.47. The van der Waals surface area contributed by atoms with Gasteiger partial charge in [-0.2, -0.15) is 0 Å². The summed E-state index contributed by atoms with van der Waals surface area (Å²) in [7, 11) is 1.94. The molecule has 2 aliphatic carbocycles.